The highest BCUT2D eigenvalue weighted by Crippen LogP contribution is 2.29. The molecule has 3 nitrogen and oxygen atoms in total. The van der Waals surface area contributed by atoms with Gasteiger partial charge in [-0.05, 0) is 37.1 Å². The molecule has 1 aromatic carbocycles. The molecule has 1 unspecified atom stereocenters. The lowest BCUT2D eigenvalue weighted by molar-refractivity contribution is -0.142. The zero-order valence-corrected chi connectivity index (χ0v) is 10.2. The number of nitrogens with zero attached hydrogens (tertiary/aromatic N) is 1. The fraction of sp³-hybridized carbons (Fsp3) is 0.462. The summed E-state index contributed by atoms with van der Waals surface area (Å²) in [5.41, 5.74) is 0.00797. The minimum Gasteiger partial charge on any atom is -0.480 e. The molecular weight excluding hydrogens is 259 g/mol. The van der Waals surface area contributed by atoms with Crippen molar-refractivity contribution in [2.75, 3.05) is 6.54 Å². The van der Waals surface area contributed by atoms with Crippen LogP contribution in [0.5, 0.6) is 0 Å². The molecule has 1 atom stereocenters. The van der Waals surface area contributed by atoms with Crippen LogP contribution < -0.4 is 0 Å². The van der Waals surface area contributed by atoms with Gasteiger partial charge in [-0.25, -0.2) is 0 Å². The van der Waals surface area contributed by atoms with Gasteiger partial charge in [0.15, 0.2) is 0 Å². The number of benzene rings is 1. The van der Waals surface area contributed by atoms with E-state index in [1.54, 1.807) is 4.90 Å². The molecule has 0 saturated carbocycles. The fourth-order valence-corrected chi connectivity index (χ4v) is 2.33. The topological polar surface area (TPSA) is 40.5 Å². The zero-order valence-electron chi connectivity index (χ0n) is 10.2. The van der Waals surface area contributed by atoms with Crippen molar-refractivity contribution in [2.24, 2.45) is 0 Å². The van der Waals surface area contributed by atoms with Crippen LogP contribution in [0.3, 0.4) is 0 Å². The van der Waals surface area contributed by atoms with Crippen molar-refractivity contribution in [3.05, 3.63) is 35.4 Å². The van der Waals surface area contributed by atoms with E-state index in [1.807, 2.05) is 0 Å². The Morgan fingerprint density at radius 3 is 2.47 bits per heavy atom. The van der Waals surface area contributed by atoms with Crippen LogP contribution in [0.15, 0.2) is 24.3 Å². The van der Waals surface area contributed by atoms with Crippen LogP contribution in [-0.4, -0.2) is 28.6 Å². The Labute approximate surface area is 108 Å². The number of aliphatic carboxylic acids is 1. The molecule has 0 spiro atoms. The number of carbonyl (C=O) groups is 1. The maximum Gasteiger partial charge on any atom is 0.416 e. The second-order valence-electron chi connectivity index (χ2n) is 4.66. The number of alkyl halides is 3. The first-order valence-electron chi connectivity index (χ1n) is 6.01. The van der Waals surface area contributed by atoms with Gasteiger partial charge in [0.2, 0.25) is 0 Å². The number of hydrogen-bond acceptors (Lipinski definition) is 2. The molecular formula is C13H14F3NO2. The van der Waals surface area contributed by atoms with Crippen molar-refractivity contribution >= 4 is 5.97 Å². The first-order valence-corrected chi connectivity index (χ1v) is 6.01. The summed E-state index contributed by atoms with van der Waals surface area (Å²) in [6.07, 6.45) is -2.94. The molecule has 1 N–H and O–H groups in total. The third kappa shape index (κ3) is 3.26. The molecule has 19 heavy (non-hydrogen) atoms. The van der Waals surface area contributed by atoms with Gasteiger partial charge in [0, 0.05) is 6.54 Å². The van der Waals surface area contributed by atoms with Gasteiger partial charge in [-0.15, -0.1) is 0 Å². The van der Waals surface area contributed by atoms with E-state index < -0.39 is 23.8 Å². The minimum atomic E-state index is -4.34. The zero-order chi connectivity index (χ0) is 14.0. The molecule has 0 amide bonds. The predicted octanol–water partition coefficient (Wildman–Crippen LogP) is 2.75. The van der Waals surface area contributed by atoms with Gasteiger partial charge in [0.05, 0.1) is 5.56 Å². The molecule has 1 aliphatic heterocycles. The molecule has 1 heterocycles. The van der Waals surface area contributed by atoms with Crippen LogP contribution in [0, 0.1) is 0 Å². The van der Waals surface area contributed by atoms with Crippen LogP contribution in [0.2, 0.25) is 0 Å². The number of rotatable bonds is 3. The summed E-state index contributed by atoms with van der Waals surface area (Å²) < 4.78 is 37.2. The van der Waals surface area contributed by atoms with E-state index in [0.717, 1.165) is 18.6 Å². The largest absolute Gasteiger partial charge is 0.480 e. The summed E-state index contributed by atoms with van der Waals surface area (Å²) in [5.74, 6) is -0.871. The molecule has 1 fully saturated rings. The highest BCUT2D eigenvalue weighted by atomic mass is 19.4. The molecule has 2 rings (SSSR count). The van der Waals surface area contributed by atoms with Crippen LogP contribution in [0.4, 0.5) is 13.2 Å². The van der Waals surface area contributed by atoms with Crippen LogP contribution in [0.1, 0.15) is 24.0 Å². The minimum absolute atomic E-state index is 0.370. The highest BCUT2D eigenvalue weighted by molar-refractivity contribution is 5.73. The van der Waals surface area contributed by atoms with Gasteiger partial charge in [0.1, 0.15) is 6.04 Å². The van der Waals surface area contributed by atoms with E-state index in [-0.39, 0.29) is 0 Å². The highest BCUT2D eigenvalue weighted by Gasteiger charge is 2.31. The van der Waals surface area contributed by atoms with Crippen molar-refractivity contribution < 1.29 is 23.1 Å². The molecule has 0 bridgehead atoms. The monoisotopic (exact) mass is 273 g/mol. The number of halogens is 3. The number of hydrogen-bond donors (Lipinski definition) is 1. The van der Waals surface area contributed by atoms with Gasteiger partial charge in [-0.1, -0.05) is 12.1 Å². The molecule has 1 aromatic rings. The van der Waals surface area contributed by atoms with Crippen LogP contribution in [0.25, 0.3) is 0 Å². The first-order chi connectivity index (χ1) is 8.88. The lowest BCUT2D eigenvalue weighted by Gasteiger charge is -2.21. The quantitative estimate of drug-likeness (QED) is 0.920. The number of carboxylic acids is 1. The summed E-state index contributed by atoms with van der Waals surface area (Å²) in [7, 11) is 0. The van der Waals surface area contributed by atoms with Gasteiger partial charge in [-0.2, -0.15) is 13.2 Å². The Bertz CT molecular complexity index is 456. The summed E-state index contributed by atoms with van der Waals surface area (Å²) in [6.45, 7) is 1.03. The number of carboxylic acid groups (broad SMARTS) is 1. The fourth-order valence-electron chi connectivity index (χ4n) is 2.33. The Morgan fingerprint density at radius 1 is 1.32 bits per heavy atom. The molecule has 1 aliphatic rings. The molecule has 0 aliphatic carbocycles. The second-order valence-corrected chi connectivity index (χ2v) is 4.66. The standard InChI is InChI=1S/C13H14F3NO2/c14-13(15,16)10-5-3-9(4-6-10)8-17-7-1-2-11(17)12(18)19/h3-6,11H,1-2,7-8H2,(H,18,19). The molecule has 0 radical (unpaired) electrons. The maximum absolute atomic E-state index is 12.4. The third-order valence-corrected chi connectivity index (χ3v) is 3.32. The van der Waals surface area contributed by atoms with Gasteiger partial charge in [0.25, 0.3) is 0 Å². The second kappa shape index (κ2) is 5.21. The Morgan fingerprint density at radius 2 is 1.95 bits per heavy atom. The van der Waals surface area contributed by atoms with E-state index in [1.165, 1.54) is 12.1 Å². The smallest absolute Gasteiger partial charge is 0.416 e. The Hall–Kier alpha value is -1.56. The third-order valence-electron chi connectivity index (χ3n) is 3.32. The van der Waals surface area contributed by atoms with E-state index in [9.17, 15) is 18.0 Å². The molecule has 104 valence electrons. The van der Waals surface area contributed by atoms with E-state index in [2.05, 4.69) is 0 Å². The first kappa shape index (κ1) is 13.9. The van der Waals surface area contributed by atoms with Crippen LogP contribution >= 0.6 is 0 Å². The molecule has 1 saturated heterocycles. The van der Waals surface area contributed by atoms with Crippen molar-refractivity contribution in [3.8, 4) is 0 Å². The van der Waals surface area contributed by atoms with Gasteiger partial charge >= 0.3 is 12.1 Å². The normalized spacial score (nSPS) is 20.7. The maximum atomic E-state index is 12.4. The summed E-state index contributed by atoms with van der Waals surface area (Å²) in [6, 6.07) is 4.34. The summed E-state index contributed by atoms with van der Waals surface area (Å²) in [4.78, 5) is 12.8. The van der Waals surface area contributed by atoms with Gasteiger partial charge in [-0.3, -0.25) is 9.69 Å². The predicted molar refractivity (Wildman–Crippen MR) is 62.5 cm³/mol. The van der Waals surface area contributed by atoms with Gasteiger partial charge < -0.3 is 5.11 Å². The van der Waals surface area contributed by atoms with Crippen molar-refractivity contribution in [3.63, 3.8) is 0 Å². The average molecular weight is 273 g/mol. The molecule has 6 heteroatoms. The Balaban J connectivity index is 2.06. The van der Waals surface area contributed by atoms with E-state index in [4.69, 9.17) is 5.11 Å². The molecule has 0 aromatic heterocycles. The van der Waals surface area contributed by atoms with Crippen molar-refractivity contribution in [1.29, 1.82) is 0 Å². The van der Waals surface area contributed by atoms with E-state index in [0.29, 0.717) is 25.1 Å². The van der Waals surface area contributed by atoms with Crippen molar-refractivity contribution in [2.45, 2.75) is 31.6 Å². The lowest BCUT2D eigenvalue weighted by atomic mass is 10.1. The average Bonchev–Trinajstić information content (AvgIpc) is 2.77. The van der Waals surface area contributed by atoms with Crippen molar-refractivity contribution in [1.82, 2.24) is 4.90 Å². The van der Waals surface area contributed by atoms with E-state index >= 15 is 0 Å². The number of likely N-dealkylation sites (tertiary alicyclic amines) is 1. The lowest BCUT2D eigenvalue weighted by Crippen LogP contribution is -2.35. The SMILES string of the molecule is O=C(O)C1CCCN1Cc1ccc(C(F)(F)F)cc1. The Kier molecular flexibility index (Phi) is 3.80. The summed E-state index contributed by atoms with van der Waals surface area (Å²) in [5, 5.41) is 9.02. The van der Waals surface area contributed by atoms with Crippen LogP contribution in [-0.2, 0) is 17.5 Å². The summed E-state index contributed by atoms with van der Waals surface area (Å²) >= 11 is 0.